The summed E-state index contributed by atoms with van der Waals surface area (Å²) in [5, 5.41) is 7.51. The number of nitrogens with zero attached hydrogens (tertiary/aromatic N) is 2. The van der Waals surface area contributed by atoms with Crippen molar-refractivity contribution in [3.63, 3.8) is 0 Å². The van der Waals surface area contributed by atoms with E-state index in [1.165, 1.54) is 6.07 Å². The summed E-state index contributed by atoms with van der Waals surface area (Å²) >= 11 is 0. The number of nitrogens with one attached hydrogen (secondary N) is 1. The van der Waals surface area contributed by atoms with Crippen LogP contribution >= 0.6 is 0 Å². The number of rotatable bonds is 5. The molecule has 1 atom stereocenters. The second kappa shape index (κ2) is 5.78. The molecule has 0 spiro atoms. The Balaban J connectivity index is 2.14. The summed E-state index contributed by atoms with van der Waals surface area (Å²) in [5.74, 6) is -0.185. The molecule has 0 aliphatic rings. The van der Waals surface area contributed by atoms with Gasteiger partial charge in [0, 0.05) is 23.4 Å². The third-order valence-corrected chi connectivity index (χ3v) is 3.10. The molecule has 96 valence electrons. The van der Waals surface area contributed by atoms with Gasteiger partial charge in [0.25, 0.3) is 0 Å². The van der Waals surface area contributed by atoms with Crippen LogP contribution in [-0.2, 0) is 6.54 Å². The van der Waals surface area contributed by atoms with Crippen LogP contribution in [0.15, 0.2) is 36.7 Å². The molecule has 0 radical (unpaired) electrons. The van der Waals surface area contributed by atoms with Crippen LogP contribution in [-0.4, -0.2) is 16.8 Å². The van der Waals surface area contributed by atoms with Crippen molar-refractivity contribution < 1.29 is 4.39 Å². The van der Waals surface area contributed by atoms with Crippen molar-refractivity contribution in [2.24, 2.45) is 0 Å². The number of halogens is 1. The van der Waals surface area contributed by atoms with Crippen molar-refractivity contribution in [3.05, 3.63) is 53.6 Å². The predicted molar refractivity (Wildman–Crippen MR) is 69.8 cm³/mol. The zero-order valence-electron chi connectivity index (χ0n) is 10.7. The summed E-state index contributed by atoms with van der Waals surface area (Å²) in [4.78, 5) is 0. The lowest BCUT2D eigenvalue weighted by Crippen LogP contribution is -2.14. The Bertz CT molecular complexity index is 503. The van der Waals surface area contributed by atoms with E-state index in [1.54, 1.807) is 16.8 Å². The minimum Gasteiger partial charge on any atom is -0.313 e. The lowest BCUT2D eigenvalue weighted by Gasteiger charge is -2.10. The van der Waals surface area contributed by atoms with Crippen molar-refractivity contribution in [1.82, 2.24) is 15.1 Å². The fourth-order valence-electron chi connectivity index (χ4n) is 2.05. The summed E-state index contributed by atoms with van der Waals surface area (Å²) in [5.41, 5.74) is 1.79. The lowest BCUT2D eigenvalue weighted by molar-refractivity contribution is 0.571. The van der Waals surface area contributed by atoms with E-state index in [-0.39, 0.29) is 5.82 Å². The molecule has 1 N–H and O–H groups in total. The van der Waals surface area contributed by atoms with Crippen LogP contribution < -0.4 is 5.32 Å². The van der Waals surface area contributed by atoms with Crippen molar-refractivity contribution in [3.8, 4) is 0 Å². The topological polar surface area (TPSA) is 29.9 Å². The molecule has 1 aromatic carbocycles. The predicted octanol–water partition coefficient (Wildman–Crippen LogP) is 2.74. The first kappa shape index (κ1) is 12.8. The van der Waals surface area contributed by atoms with Crippen LogP contribution in [0.4, 0.5) is 4.39 Å². The number of hydrogen-bond donors (Lipinski definition) is 1. The highest BCUT2D eigenvalue weighted by atomic mass is 19.1. The molecule has 3 nitrogen and oxygen atoms in total. The Kier molecular flexibility index (Phi) is 4.10. The molecule has 0 saturated carbocycles. The molecule has 0 aliphatic carbocycles. The van der Waals surface area contributed by atoms with E-state index in [0.717, 1.165) is 12.0 Å². The minimum atomic E-state index is -0.185. The second-order valence-corrected chi connectivity index (χ2v) is 4.31. The van der Waals surface area contributed by atoms with Gasteiger partial charge in [-0.25, -0.2) is 4.39 Å². The van der Waals surface area contributed by atoms with E-state index in [2.05, 4.69) is 17.3 Å². The van der Waals surface area contributed by atoms with E-state index in [0.29, 0.717) is 18.2 Å². The summed E-state index contributed by atoms with van der Waals surface area (Å²) in [6.07, 6.45) is 4.81. The van der Waals surface area contributed by atoms with Gasteiger partial charge in [0.2, 0.25) is 0 Å². The average Bonchev–Trinajstić information content (AvgIpc) is 2.82. The van der Waals surface area contributed by atoms with Crippen LogP contribution in [0.3, 0.4) is 0 Å². The van der Waals surface area contributed by atoms with Crippen LogP contribution in [0.25, 0.3) is 0 Å². The number of benzene rings is 1. The molecule has 18 heavy (non-hydrogen) atoms. The van der Waals surface area contributed by atoms with Crippen LogP contribution in [0.2, 0.25) is 0 Å². The van der Waals surface area contributed by atoms with Gasteiger partial charge in [-0.1, -0.05) is 25.1 Å². The molecular weight excluding hydrogens is 229 g/mol. The molecule has 1 heterocycles. The molecule has 0 fully saturated rings. The monoisotopic (exact) mass is 247 g/mol. The first-order chi connectivity index (χ1) is 8.74. The quantitative estimate of drug-likeness (QED) is 0.880. The van der Waals surface area contributed by atoms with Gasteiger partial charge in [0.1, 0.15) is 5.82 Å². The second-order valence-electron chi connectivity index (χ2n) is 4.31. The largest absolute Gasteiger partial charge is 0.313 e. The van der Waals surface area contributed by atoms with Crippen molar-refractivity contribution >= 4 is 0 Å². The Morgan fingerprint density at radius 1 is 1.39 bits per heavy atom. The van der Waals surface area contributed by atoms with E-state index in [9.17, 15) is 4.39 Å². The molecule has 4 heteroatoms. The molecule has 1 aromatic heterocycles. The van der Waals surface area contributed by atoms with E-state index in [4.69, 9.17) is 0 Å². The number of aromatic nitrogens is 2. The average molecular weight is 247 g/mol. The van der Waals surface area contributed by atoms with Gasteiger partial charge in [0.05, 0.1) is 12.7 Å². The highest BCUT2D eigenvalue weighted by Gasteiger charge is 2.09. The molecule has 0 saturated heterocycles. The first-order valence-electron chi connectivity index (χ1n) is 6.17. The maximum atomic E-state index is 13.5. The first-order valence-corrected chi connectivity index (χ1v) is 6.17. The SMILES string of the molecule is CCC(NC)c1cnn(Cc2ccccc2F)c1. The summed E-state index contributed by atoms with van der Waals surface area (Å²) < 4.78 is 15.3. The maximum Gasteiger partial charge on any atom is 0.128 e. The highest BCUT2D eigenvalue weighted by molar-refractivity contribution is 5.18. The van der Waals surface area contributed by atoms with Crippen LogP contribution in [0, 0.1) is 5.82 Å². The summed E-state index contributed by atoms with van der Waals surface area (Å²) in [6.45, 7) is 2.59. The van der Waals surface area contributed by atoms with Gasteiger partial charge in [0.15, 0.2) is 0 Å². The molecule has 2 rings (SSSR count). The Morgan fingerprint density at radius 2 is 2.17 bits per heavy atom. The van der Waals surface area contributed by atoms with E-state index >= 15 is 0 Å². The molecule has 0 bridgehead atoms. The highest BCUT2D eigenvalue weighted by Crippen LogP contribution is 2.16. The zero-order valence-corrected chi connectivity index (χ0v) is 10.7. The minimum absolute atomic E-state index is 0.185. The smallest absolute Gasteiger partial charge is 0.128 e. The van der Waals surface area contributed by atoms with Crippen molar-refractivity contribution in [2.45, 2.75) is 25.9 Å². The van der Waals surface area contributed by atoms with E-state index in [1.807, 2.05) is 25.5 Å². The van der Waals surface area contributed by atoms with Gasteiger partial charge >= 0.3 is 0 Å². The fourth-order valence-corrected chi connectivity index (χ4v) is 2.05. The van der Waals surface area contributed by atoms with Crippen LogP contribution in [0.1, 0.15) is 30.5 Å². The Hall–Kier alpha value is -1.68. The van der Waals surface area contributed by atoms with Gasteiger partial charge in [-0.05, 0) is 19.5 Å². The third kappa shape index (κ3) is 2.76. The summed E-state index contributed by atoms with van der Waals surface area (Å²) in [6, 6.07) is 7.10. The molecule has 0 amide bonds. The van der Waals surface area contributed by atoms with Gasteiger partial charge < -0.3 is 5.32 Å². The zero-order chi connectivity index (χ0) is 13.0. The number of hydrogen-bond acceptors (Lipinski definition) is 2. The Morgan fingerprint density at radius 3 is 2.83 bits per heavy atom. The molecule has 2 aromatic rings. The van der Waals surface area contributed by atoms with Gasteiger partial charge in [-0.15, -0.1) is 0 Å². The van der Waals surface area contributed by atoms with Crippen LogP contribution in [0.5, 0.6) is 0 Å². The Labute approximate surface area is 107 Å². The fraction of sp³-hybridized carbons (Fsp3) is 0.357. The molecule has 0 aliphatic heterocycles. The molecule has 1 unspecified atom stereocenters. The standard InChI is InChI=1S/C14H18FN3/c1-3-14(16-2)12-8-17-18(10-12)9-11-6-4-5-7-13(11)15/h4-8,10,14,16H,3,9H2,1-2H3. The third-order valence-electron chi connectivity index (χ3n) is 3.10. The maximum absolute atomic E-state index is 13.5. The van der Waals surface area contributed by atoms with Gasteiger partial charge in [-0.3, -0.25) is 4.68 Å². The summed E-state index contributed by atoms with van der Waals surface area (Å²) in [7, 11) is 1.93. The van der Waals surface area contributed by atoms with Gasteiger partial charge in [-0.2, -0.15) is 5.10 Å². The normalized spacial score (nSPS) is 12.6. The van der Waals surface area contributed by atoms with Crippen molar-refractivity contribution in [1.29, 1.82) is 0 Å². The van der Waals surface area contributed by atoms with Crippen molar-refractivity contribution in [2.75, 3.05) is 7.05 Å². The van der Waals surface area contributed by atoms with E-state index < -0.39 is 0 Å². The lowest BCUT2D eigenvalue weighted by atomic mass is 10.1. The molecular formula is C14H18FN3.